The molecule has 1 unspecified atom stereocenters. The summed E-state index contributed by atoms with van der Waals surface area (Å²) in [5, 5.41) is 0. The maximum Gasteiger partial charge on any atom is 0.0944 e. The molecule has 0 amide bonds. The molecule has 0 aliphatic rings. The SMILES string of the molecule is CCCCC(CC)OCN. The highest BCUT2D eigenvalue weighted by atomic mass is 16.5. The maximum absolute atomic E-state index is 5.27. The molecule has 0 aromatic heterocycles. The number of hydrogen-bond donors (Lipinski definition) is 1. The highest BCUT2D eigenvalue weighted by Gasteiger charge is 2.02. The molecule has 2 nitrogen and oxygen atoms in total. The third kappa shape index (κ3) is 4.77. The number of ether oxygens (including phenoxy) is 1. The topological polar surface area (TPSA) is 35.2 Å². The van der Waals surface area contributed by atoms with Crippen LogP contribution in [0.5, 0.6) is 0 Å². The van der Waals surface area contributed by atoms with Gasteiger partial charge in [-0.15, -0.1) is 0 Å². The van der Waals surface area contributed by atoms with Crippen LogP contribution >= 0.6 is 0 Å². The van der Waals surface area contributed by atoms with Gasteiger partial charge in [0.05, 0.1) is 12.8 Å². The summed E-state index contributed by atoms with van der Waals surface area (Å²) in [5.74, 6) is 0. The van der Waals surface area contributed by atoms with Gasteiger partial charge in [0.25, 0.3) is 0 Å². The van der Waals surface area contributed by atoms with Crippen molar-refractivity contribution in [2.24, 2.45) is 5.73 Å². The molecule has 0 saturated heterocycles. The third-order valence-electron chi connectivity index (χ3n) is 1.67. The van der Waals surface area contributed by atoms with E-state index in [0.29, 0.717) is 12.8 Å². The lowest BCUT2D eigenvalue weighted by Crippen LogP contribution is -2.16. The zero-order chi connectivity index (χ0) is 7.82. The van der Waals surface area contributed by atoms with Crippen molar-refractivity contribution in [3.8, 4) is 0 Å². The molecule has 0 aromatic carbocycles. The lowest BCUT2D eigenvalue weighted by atomic mass is 10.1. The first-order valence-corrected chi connectivity index (χ1v) is 4.16. The van der Waals surface area contributed by atoms with E-state index in [4.69, 9.17) is 10.5 Å². The summed E-state index contributed by atoms with van der Waals surface area (Å²) in [6.45, 7) is 4.69. The molecule has 0 saturated carbocycles. The second kappa shape index (κ2) is 7.03. The Hall–Kier alpha value is -0.0800. The average Bonchev–Trinajstić information content (AvgIpc) is 1.98. The Morgan fingerprint density at radius 2 is 2.10 bits per heavy atom. The highest BCUT2D eigenvalue weighted by Crippen LogP contribution is 2.06. The van der Waals surface area contributed by atoms with Crippen LogP contribution in [0.3, 0.4) is 0 Å². The Balaban J connectivity index is 3.21. The van der Waals surface area contributed by atoms with E-state index in [1.807, 2.05) is 0 Å². The van der Waals surface area contributed by atoms with Gasteiger partial charge in [-0.1, -0.05) is 26.7 Å². The average molecular weight is 145 g/mol. The van der Waals surface area contributed by atoms with Crippen molar-refractivity contribution in [3.63, 3.8) is 0 Å². The van der Waals surface area contributed by atoms with E-state index in [9.17, 15) is 0 Å². The first kappa shape index (κ1) is 9.92. The van der Waals surface area contributed by atoms with Crippen molar-refractivity contribution in [1.82, 2.24) is 0 Å². The van der Waals surface area contributed by atoms with Gasteiger partial charge in [0, 0.05) is 0 Å². The second-order valence-electron chi connectivity index (χ2n) is 2.51. The van der Waals surface area contributed by atoms with Gasteiger partial charge in [-0.3, -0.25) is 0 Å². The van der Waals surface area contributed by atoms with Crippen molar-refractivity contribution in [2.75, 3.05) is 6.73 Å². The van der Waals surface area contributed by atoms with E-state index in [2.05, 4.69) is 13.8 Å². The molecular formula is C8H19NO. The van der Waals surface area contributed by atoms with Crippen LogP contribution in [-0.4, -0.2) is 12.8 Å². The quantitative estimate of drug-likeness (QED) is 0.579. The molecule has 2 N–H and O–H groups in total. The van der Waals surface area contributed by atoms with Crippen LogP contribution in [0.4, 0.5) is 0 Å². The number of hydrogen-bond acceptors (Lipinski definition) is 2. The molecule has 0 heterocycles. The van der Waals surface area contributed by atoms with E-state index >= 15 is 0 Å². The predicted octanol–water partition coefficient (Wildman–Crippen LogP) is 1.89. The molecule has 0 rings (SSSR count). The van der Waals surface area contributed by atoms with Crippen LogP contribution in [0, 0.1) is 0 Å². The minimum Gasteiger partial charge on any atom is -0.363 e. The summed E-state index contributed by atoms with van der Waals surface area (Å²) in [6, 6.07) is 0. The van der Waals surface area contributed by atoms with Crippen molar-refractivity contribution in [2.45, 2.75) is 45.6 Å². The van der Waals surface area contributed by atoms with E-state index in [-0.39, 0.29) is 0 Å². The van der Waals surface area contributed by atoms with Crippen LogP contribution in [0.15, 0.2) is 0 Å². The Morgan fingerprint density at radius 3 is 2.50 bits per heavy atom. The largest absolute Gasteiger partial charge is 0.363 e. The van der Waals surface area contributed by atoms with Crippen molar-refractivity contribution in [3.05, 3.63) is 0 Å². The lowest BCUT2D eigenvalue weighted by Gasteiger charge is -2.13. The zero-order valence-corrected chi connectivity index (χ0v) is 7.10. The smallest absolute Gasteiger partial charge is 0.0944 e. The summed E-state index contributed by atoms with van der Waals surface area (Å²) < 4.78 is 5.27. The van der Waals surface area contributed by atoms with E-state index in [1.54, 1.807) is 0 Å². The monoisotopic (exact) mass is 145 g/mol. The van der Waals surface area contributed by atoms with Gasteiger partial charge in [-0.25, -0.2) is 0 Å². The molecule has 2 heteroatoms. The van der Waals surface area contributed by atoms with E-state index < -0.39 is 0 Å². The van der Waals surface area contributed by atoms with Gasteiger partial charge >= 0.3 is 0 Å². The molecule has 62 valence electrons. The third-order valence-corrected chi connectivity index (χ3v) is 1.67. The first-order valence-electron chi connectivity index (χ1n) is 4.16. The number of rotatable bonds is 6. The number of unbranched alkanes of at least 4 members (excludes halogenated alkanes) is 1. The minimum atomic E-state index is 0.363. The molecule has 0 aliphatic carbocycles. The molecule has 0 aromatic rings. The van der Waals surface area contributed by atoms with Gasteiger partial charge < -0.3 is 10.5 Å². The molecule has 10 heavy (non-hydrogen) atoms. The fraction of sp³-hybridized carbons (Fsp3) is 1.00. The van der Waals surface area contributed by atoms with Gasteiger partial charge in [0.2, 0.25) is 0 Å². The summed E-state index contributed by atoms with van der Waals surface area (Å²) in [5.41, 5.74) is 5.25. The molecule has 1 atom stereocenters. The summed E-state index contributed by atoms with van der Waals surface area (Å²) in [4.78, 5) is 0. The van der Waals surface area contributed by atoms with Gasteiger partial charge in [-0.05, 0) is 12.8 Å². The standard InChI is InChI=1S/C8H19NO/c1-3-5-6-8(4-2)10-7-9/h8H,3-7,9H2,1-2H3. The van der Waals surface area contributed by atoms with Crippen LogP contribution in [0.25, 0.3) is 0 Å². The summed E-state index contributed by atoms with van der Waals surface area (Å²) >= 11 is 0. The fourth-order valence-electron chi connectivity index (χ4n) is 0.973. The van der Waals surface area contributed by atoms with Gasteiger partial charge in [-0.2, -0.15) is 0 Å². The normalized spacial score (nSPS) is 13.5. The predicted molar refractivity (Wildman–Crippen MR) is 43.7 cm³/mol. The van der Waals surface area contributed by atoms with Crippen molar-refractivity contribution in [1.29, 1.82) is 0 Å². The Bertz CT molecular complexity index is 66.3. The van der Waals surface area contributed by atoms with E-state index in [0.717, 1.165) is 12.8 Å². The highest BCUT2D eigenvalue weighted by molar-refractivity contribution is 4.53. The Labute approximate surface area is 63.7 Å². The van der Waals surface area contributed by atoms with Crippen molar-refractivity contribution < 1.29 is 4.74 Å². The molecule has 0 fully saturated rings. The van der Waals surface area contributed by atoms with Crippen LogP contribution in [-0.2, 0) is 4.74 Å². The zero-order valence-electron chi connectivity index (χ0n) is 7.10. The van der Waals surface area contributed by atoms with Crippen molar-refractivity contribution >= 4 is 0 Å². The second-order valence-corrected chi connectivity index (χ2v) is 2.51. The maximum atomic E-state index is 5.27. The molecule has 0 radical (unpaired) electrons. The van der Waals surface area contributed by atoms with Crippen LogP contribution < -0.4 is 5.73 Å². The molecule has 0 bridgehead atoms. The Morgan fingerprint density at radius 1 is 1.40 bits per heavy atom. The summed E-state index contributed by atoms with van der Waals surface area (Å²) in [6.07, 6.45) is 5.12. The van der Waals surface area contributed by atoms with Crippen LogP contribution in [0.1, 0.15) is 39.5 Å². The van der Waals surface area contributed by atoms with Gasteiger partial charge in [0.15, 0.2) is 0 Å². The fourth-order valence-corrected chi connectivity index (χ4v) is 0.973. The minimum absolute atomic E-state index is 0.363. The lowest BCUT2D eigenvalue weighted by molar-refractivity contribution is 0.0480. The molecule has 0 spiro atoms. The first-order chi connectivity index (χ1) is 4.85. The molecular weight excluding hydrogens is 126 g/mol. The van der Waals surface area contributed by atoms with Gasteiger partial charge in [0.1, 0.15) is 0 Å². The van der Waals surface area contributed by atoms with E-state index in [1.165, 1.54) is 12.8 Å². The van der Waals surface area contributed by atoms with Crippen LogP contribution in [0.2, 0.25) is 0 Å². The Kier molecular flexibility index (Phi) is 6.98. The summed E-state index contributed by atoms with van der Waals surface area (Å²) in [7, 11) is 0. The number of nitrogens with two attached hydrogens (primary N) is 1. The molecule has 0 aliphatic heterocycles.